The van der Waals surface area contributed by atoms with Gasteiger partial charge in [-0.05, 0) is 12.1 Å². The van der Waals surface area contributed by atoms with Crippen LogP contribution >= 0.6 is 0 Å². The van der Waals surface area contributed by atoms with Gasteiger partial charge >= 0.3 is 0 Å². The Morgan fingerprint density at radius 2 is 1.63 bits per heavy atom. The third-order valence-electron chi connectivity index (χ3n) is 2.95. The predicted molar refractivity (Wildman–Crippen MR) is 73.6 cm³/mol. The molecule has 0 bridgehead atoms. The van der Waals surface area contributed by atoms with Gasteiger partial charge in [0.2, 0.25) is 6.41 Å². The number of carbonyl (C=O) groups is 1. The van der Waals surface area contributed by atoms with Crippen molar-refractivity contribution >= 4 is 17.4 Å². The summed E-state index contributed by atoms with van der Waals surface area (Å²) >= 11 is 0. The molecule has 0 aliphatic rings. The Labute approximate surface area is 109 Å². The third kappa shape index (κ3) is 1.83. The average Bonchev–Trinajstić information content (AvgIpc) is 2.47. The number of rotatable bonds is 2. The molecule has 0 unspecified atom stereocenters. The van der Waals surface area contributed by atoms with E-state index in [-0.39, 0.29) is 5.69 Å². The third-order valence-corrected chi connectivity index (χ3v) is 2.95. The van der Waals surface area contributed by atoms with Crippen molar-refractivity contribution in [3.63, 3.8) is 0 Å². The van der Waals surface area contributed by atoms with E-state index in [1.54, 1.807) is 30.3 Å². The van der Waals surface area contributed by atoms with Crippen LogP contribution in [-0.2, 0) is 4.79 Å². The maximum absolute atomic E-state index is 12.3. The van der Waals surface area contributed by atoms with Crippen molar-refractivity contribution in [3.8, 4) is 11.3 Å². The molecular formula is C15H10N2O2. The smallest absolute Gasteiger partial charge is 0.278 e. The molecule has 0 saturated carbocycles. The minimum atomic E-state index is -0.403. The highest BCUT2D eigenvalue weighted by atomic mass is 16.2. The zero-order valence-corrected chi connectivity index (χ0v) is 9.98. The van der Waals surface area contributed by atoms with E-state index in [1.165, 1.54) is 0 Å². The van der Waals surface area contributed by atoms with Crippen molar-refractivity contribution in [3.05, 3.63) is 65.0 Å². The second-order valence-electron chi connectivity index (χ2n) is 4.10. The molecule has 19 heavy (non-hydrogen) atoms. The number of hydrogen-bond acceptors (Lipinski definition) is 3. The van der Waals surface area contributed by atoms with Crippen molar-refractivity contribution < 1.29 is 4.79 Å². The summed E-state index contributed by atoms with van der Waals surface area (Å²) in [6.45, 7) is 0. The molecule has 3 aromatic rings. The van der Waals surface area contributed by atoms with Gasteiger partial charge in [0, 0.05) is 5.56 Å². The van der Waals surface area contributed by atoms with Gasteiger partial charge in [0.1, 0.15) is 5.69 Å². The largest absolute Gasteiger partial charge is 0.284 e. The molecule has 3 rings (SSSR count). The Bertz CT molecular complexity index is 807. The van der Waals surface area contributed by atoms with E-state index in [2.05, 4.69) is 4.98 Å². The first-order valence-corrected chi connectivity index (χ1v) is 5.83. The van der Waals surface area contributed by atoms with Crippen LogP contribution in [0, 0.1) is 0 Å². The number of benzene rings is 2. The van der Waals surface area contributed by atoms with Gasteiger partial charge in [-0.15, -0.1) is 0 Å². The van der Waals surface area contributed by atoms with Crippen LogP contribution in [-0.4, -0.2) is 16.0 Å². The Hall–Kier alpha value is -2.75. The number of carbonyl (C=O) groups excluding carboxylic acids is 1. The normalized spacial score (nSPS) is 10.5. The van der Waals surface area contributed by atoms with Gasteiger partial charge in [0.05, 0.1) is 11.0 Å². The SMILES string of the molecule is O=Cn1c(=O)c(-c2ccccc2)nc2ccccc21. The number of hydrogen-bond donors (Lipinski definition) is 0. The second-order valence-corrected chi connectivity index (χ2v) is 4.10. The summed E-state index contributed by atoms with van der Waals surface area (Å²) in [6, 6.07) is 16.2. The van der Waals surface area contributed by atoms with Crippen LogP contribution < -0.4 is 5.56 Å². The summed E-state index contributed by atoms with van der Waals surface area (Å²) < 4.78 is 1.09. The quantitative estimate of drug-likeness (QED) is 0.654. The molecule has 0 amide bonds. The van der Waals surface area contributed by atoms with Crippen molar-refractivity contribution in [2.45, 2.75) is 0 Å². The van der Waals surface area contributed by atoms with Crippen molar-refractivity contribution in [1.29, 1.82) is 0 Å². The van der Waals surface area contributed by atoms with Crippen LogP contribution in [0.3, 0.4) is 0 Å². The first-order chi connectivity index (χ1) is 9.31. The molecule has 1 aromatic heterocycles. The summed E-state index contributed by atoms with van der Waals surface area (Å²) in [5, 5.41) is 0. The van der Waals surface area contributed by atoms with Crippen molar-refractivity contribution in [2.75, 3.05) is 0 Å². The van der Waals surface area contributed by atoms with Crippen LogP contribution in [0.5, 0.6) is 0 Å². The molecule has 0 saturated heterocycles. The Kier molecular flexibility index (Phi) is 2.68. The molecule has 4 heteroatoms. The van der Waals surface area contributed by atoms with Gasteiger partial charge < -0.3 is 0 Å². The fourth-order valence-corrected chi connectivity index (χ4v) is 2.04. The van der Waals surface area contributed by atoms with Gasteiger partial charge in [-0.1, -0.05) is 42.5 Å². The first-order valence-electron chi connectivity index (χ1n) is 5.83. The molecule has 0 radical (unpaired) electrons. The average molecular weight is 250 g/mol. The van der Waals surface area contributed by atoms with E-state index in [9.17, 15) is 9.59 Å². The topological polar surface area (TPSA) is 52.0 Å². The number of nitrogens with zero attached hydrogens (tertiary/aromatic N) is 2. The molecule has 0 fully saturated rings. The van der Waals surface area contributed by atoms with E-state index in [0.717, 1.165) is 4.57 Å². The lowest BCUT2D eigenvalue weighted by atomic mass is 10.1. The lowest BCUT2D eigenvalue weighted by molar-refractivity contribution is 0.547. The van der Waals surface area contributed by atoms with Crippen LogP contribution in [0.2, 0.25) is 0 Å². The van der Waals surface area contributed by atoms with Crippen LogP contribution in [0.4, 0.5) is 0 Å². The predicted octanol–water partition coefficient (Wildman–Crippen LogP) is 2.10. The number of aromatic nitrogens is 2. The molecular weight excluding hydrogens is 240 g/mol. The van der Waals surface area contributed by atoms with Crippen LogP contribution in [0.25, 0.3) is 22.3 Å². The highest BCUT2D eigenvalue weighted by molar-refractivity contribution is 5.83. The fourth-order valence-electron chi connectivity index (χ4n) is 2.04. The summed E-state index contributed by atoms with van der Waals surface area (Å²) in [4.78, 5) is 27.8. The maximum atomic E-state index is 12.3. The second kappa shape index (κ2) is 4.49. The van der Waals surface area contributed by atoms with E-state index in [1.807, 2.05) is 24.3 Å². The molecule has 92 valence electrons. The Morgan fingerprint density at radius 3 is 2.37 bits per heavy atom. The van der Waals surface area contributed by atoms with Gasteiger partial charge in [-0.2, -0.15) is 0 Å². The maximum Gasteiger partial charge on any atom is 0.284 e. The van der Waals surface area contributed by atoms with E-state index >= 15 is 0 Å². The van der Waals surface area contributed by atoms with Gasteiger partial charge in [0.25, 0.3) is 5.56 Å². The van der Waals surface area contributed by atoms with E-state index < -0.39 is 5.56 Å². The Balaban J connectivity index is 2.42. The summed E-state index contributed by atoms with van der Waals surface area (Å²) in [5.41, 5.74) is 1.72. The van der Waals surface area contributed by atoms with Crippen molar-refractivity contribution in [2.24, 2.45) is 0 Å². The van der Waals surface area contributed by atoms with Gasteiger partial charge in [-0.25, -0.2) is 9.55 Å². The minimum Gasteiger partial charge on any atom is -0.278 e. The lowest BCUT2D eigenvalue weighted by Crippen LogP contribution is -2.23. The lowest BCUT2D eigenvalue weighted by Gasteiger charge is -2.06. The molecule has 0 aliphatic carbocycles. The monoisotopic (exact) mass is 250 g/mol. The molecule has 1 heterocycles. The van der Waals surface area contributed by atoms with Gasteiger partial charge in [0.15, 0.2) is 0 Å². The summed E-state index contributed by atoms with van der Waals surface area (Å²) in [6.07, 6.45) is 0.527. The summed E-state index contributed by atoms with van der Waals surface area (Å²) in [5.74, 6) is 0. The van der Waals surface area contributed by atoms with E-state index in [0.29, 0.717) is 23.0 Å². The zero-order chi connectivity index (χ0) is 13.2. The highest BCUT2D eigenvalue weighted by Crippen LogP contribution is 2.16. The van der Waals surface area contributed by atoms with E-state index in [4.69, 9.17) is 0 Å². The molecule has 0 N–H and O–H groups in total. The molecule has 4 nitrogen and oxygen atoms in total. The van der Waals surface area contributed by atoms with Crippen molar-refractivity contribution in [1.82, 2.24) is 9.55 Å². The standard InChI is InChI=1S/C15H10N2O2/c18-10-17-13-9-5-4-8-12(13)16-14(15(17)19)11-6-2-1-3-7-11/h1-10H. The Morgan fingerprint density at radius 1 is 0.947 bits per heavy atom. The molecule has 0 atom stereocenters. The number of fused-ring (bicyclic) bond motifs is 1. The number of para-hydroxylation sites is 2. The van der Waals surface area contributed by atoms with Gasteiger partial charge in [-0.3, -0.25) is 9.59 Å². The zero-order valence-electron chi connectivity index (χ0n) is 9.98. The molecule has 0 aliphatic heterocycles. The van der Waals surface area contributed by atoms with Crippen LogP contribution in [0.15, 0.2) is 59.4 Å². The summed E-state index contributed by atoms with van der Waals surface area (Å²) in [7, 11) is 0. The fraction of sp³-hybridized carbons (Fsp3) is 0. The first kappa shape index (κ1) is 11.3. The molecule has 0 spiro atoms. The highest BCUT2D eigenvalue weighted by Gasteiger charge is 2.11. The minimum absolute atomic E-state index is 0.284. The van der Waals surface area contributed by atoms with Crippen LogP contribution in [0.1, 0.15) is 0 Å². The molecule has 2 aromatic carbocycles.